The number of β-amino-alcohol motifs (C(OH)–C–C–N with tert-alkyl or cyclic N) is 1. The molecule has 2 N–H and O–H groups in total. The van der Waals surface area contributed by atoms with Crippen molar-refractivity contribution in [3.05, 3.63) is 0 Å². The molecule has 1 aliphatic carbocycles. The van der Waals surface area contributed by atoms with Gasteiger partial charge in [-0.25, -0.2) is 0 Å². The summed E-state index contributed by atoms with van der Waals surface area (Å²) in [4.78, 5) is 13.2. The molecule has 2 fully saturated rings. The monoisotopic (exact) mass is 185 g/mol. The third-order valence-electron chi connectivity index (χ3n) is 2.86. The Morgan fingerprint density at radius 3 is 2.69 bits per heavy atom. The highest BCUT2D eigenvalue weighted by molar-refractivity contribution is 5.81. The van der Waals surface area contributed by atoms with Crippen molar-refractivity contribution in [1.29, 1.82) is 0 Å². The van der Waals surface area contributed by atoms with Crippen molar-refractivity contribution in [2.24, 2.45) is 5.92 Å². The second kappa shape index (κ2) is 2.96. The van der Waals surface area contributed by atoms with Gasteiger partial charge in [-0.1, -0.05) is 0 Å². The Labute approximate surface area is 77.2 Å². The zero-order valence-corrected chi connectivity index (χ0v) is 7.57. The van der Waals surface area contributed by atoms with Crippen LogP contribution in [0.5, 0.6) is 0 Å². The summed E-state index contributed by atoms with van der Waals surface area (Å²) in [5, 5.41) is 18.6. The molecule has 1 saturated heterocycles. The lowest BCUT2D eigenvalue weighted by Gasteiger charge is -2.20. The largest absolute Gasteiger partial charge is 0.393 e. The van der Waals surface area contributed by atoms with Gasteiger partial charge in [0.15, 0.2) is 0 Å². The van der Waals surface area contributed by atoms with Crippen molar-refractivity contribution in [3.8, 4) is 0 Å². The van der Waals surface area contributed by atoms with Crippen LogP contribution in [0.4, 0.5) is 0 Å². The Balaban J connectivity index is 1.93. The van der Waals surface area contributed by atoms with Gasteiger partial charge >= 0.3 is 0 Å². The van der Waals surface area contributed by atoms with Crippen LogP contribution < -0.4 is 0 Å². The minimum atomic E-state index is -1.04. The second-order valence-electron chi connectivity index (χ2n) is 4.17. The van der Waals surface area contributed by atoms with Crippen LogP contribution in [0.1, 0.15) is 19.3 Å². The fourth-order valence-electron chi connectivity index (χ4n) is 1.76. The highest BCUT2D eigenvalue weighted by Gasteiger charge is 2.41. The summed E-state index contributed by atoms with van der Waals surface area (Å²) in [6.45, 7) is 0.646. The summed E-state index contributed by atoms with van der Waals surface area (Å²) >= 11 is 0. The quantitative estimate of drug-likeness (QED) is 0.601. The number of hydrogen-bond acceptors (Lipinski definition) is 3. The summed E-state index contributed by atoms with van der Waals surface area (Å²) in [5.74, 6) is 0.366. The normalized spacial score (nSPS) is 33.8. The second-order valence-corrected chi connectivity index (χ2v) is 4.17. The molecule has 1 unspecified atom stereocenters. The molecule has 0 aromatic rings. The van der Waals surface area contributed by atoms with Gasteiger partial charge in [0.05, 0.1) is 13.2 Å². The van der Waals surface area contributed by atoms with Crippen LogP contribution >= 0.6 is 0 Å². The molecular formula is C9H15NO3. The van der Waals surface area contributed by atoms with E-state index in [4.69, 9.17) is 5.11 Å². The van der Waals surface area contributed by atoms with Gasteiger partial charge in [-0.15, -0.1) is 0 Å². The molecule has 1 aliphatic heterocycles. The van der Waals surface area contributed by atoms with Crippen molar-refractivity contribution in [3.63, 3.8) is 0 Å². The average Bonchev–Trinajstić information content (AvgIpc) is 2.89. The maximum atomic E-state index is 11.5. The summed E-state index contributed by atoms with van der Waals surface area (Å²) in [6.07, 6.45) is 2.49. The first-order valence-electron chi connectivity index (χ1n) is 4.77. The lowest BCUT2D eigenvalue weighted by atomic mass is 10.1. The van der Waals surface area contributed by atoms with Crippen LogP contribution in [0.2, 0.25) is 0 Å². The first-order valence-corrected chi connectivity index (χ1v) is 4.77. The van der Waals surface area contributed by atoms with E-state index in [1.165, 1.54) is 0 Å². The summed E-state index contributed by atoms with van der Waals surface area (Å²) in [7, 11) is 0. The standard InChI is InChI=1S/C9H15NO3/c11-6-9(13)3-4-10(5-9)8(12)7-1-2-7/h7,11,13H,1-6H2. The van der Waals surface area contributed by atoms with Crippen molar-refractivity contribution < 1.29 is 15.0 Å². The molecule has 0 aromatic heterocycles. The van der Waals surface area contributed by atoms with E-state index in [-0.39, 0.29) is 18.4 Å². The predicted octanol–water partition coefficient (Wildman–Crippen LogP) is -0.648. The lowest BCUT2D eigenvalue weighted by Crippen LogP contribution is -2.39. The fourth-order valence-corrected chi connectivity index (χ4v) is 1.76. The molecule has 0 aromatic carbocycles. The van der Waals surface area contributed by atoms with E-state index >= 15 is 0 Å². The highest BCUT2D eigenvalue weighted by atomic mass is 16.3. The molecule has 1 saturated carbocycles. The number of rotatable bonds is 2. The van der Waals surface area contributed by atoms with Crippen LogP contribution in [-0.2, 0) is 4.79 Å². The van der Waals surface area contributed by atoms with Crippen LogP contribution in [0, 0.1) is 5.92 Å². The van der Waals surface area contributed by atoms with E-state index in [1.54, 1.807) is 4.90 Å². The molecule has 0 spiro atoms. The zero-order chi connectivity index (χ0) is 9.47. The van der Waals surface area contributed by atoms with Crippen LogP contribution in [-0.4, -0.2) is 46.3 Å². The van der Waals surface area contributed by atoms with Gasteiger partial charge in [0.2, 0.25) is 5.91 Å². The smallest absolute Gasteiger partial charge is 0.225 e. The molecule has 1 heterocycles. The van der Waals surface area contributed by atoms with Gasteiger partial charge in [0.25, 0.3) is 0 Å². The molecule has 0 bridgehead atoms. The molecule has 4 heteroatoms. The van der Waals surface area contributed by atoms with Crippen molar-refractivity contribution in [2.75, 3.05) is 19.7 Å². The summed E-state index contributed by atoms with van der Waals surface area (Å²) < 4.78 is 0. The first-order chi connectivity index (χ1) is 6.14. The number of likely N-dealkylation sites (tertiary alicyclic amines) is 1. The summed E-state index contributed by atoms with van der Waals surface area (Å²) in [5.41, 5.74) is -1.04. The first kappa shape index (κ1) is 8.97. The Morgan fingerprint density at radius 1 is 1.54 bits per heavy atom. The van der Waals surface area contributed by atoms with Crippen molar-refractivity contribution >= 4 is 5.91 Å². The van der Waals surface area contributed by atoms with Crippen LogP contribution in [0.25, 0.3) is 0 Å². The highest BCUT2D eigenvalue weighted by Crippen LogP contribution is 2.33. The Bertz CT molecular complexity index is 227. The average molecular weight is 185 g/mol. The van der Waals surface area contributed by atoms with Gasteiger partial charge in [-0.2, -0.15) is 0 Å². The number of hydrogen-bond donors (Lipinski definition) is 2. The van der Waals surface area contributed by atoms with E-state index in [0.29, 0.717) is 19.5 Å². The molecule has 2 aliphatic rings. The Kier molecular flexibility index (Phi) is 2.04. The van der Waals surface area contributed by atoms with Gasteiger partial charge < -0.3 is 15.1 Å². The van der Waals surface area contributed by atoms with Crippen LogP contribution in [0.3, 0.4) is 0 Å². The third kappa shape index (κ3) is 1.69. The fraction of sp³-hybridized carbons (Fsp3) is 0.889. The minimum Gasteiger partial charge on any atom is -0.393 e. The zero-order valence-electron chi connectivity index (χ0n) is 7.57. The van der Waals surface area contributed by atoms with Crippen molar-refractivity contribution in [2.45, 2.75) is 24.9 Å². The summed E-state index contributed by atoms with van der Waals surface area (Å²) in [6, 6.07) is 0. The van der Waals surface area contributed by atoms with E-state index in [2.05, 4.69) is 0 Å². The van der Waals surface area contributed by atoms with Gasteiger partial charge in [-0.3, -0.25) is 4.79 Å². The molecule has 13 heavy (non-hydrogen) atoms. The number of aliphatic hydroxyl groups excluding tert-OH is 1. The lowest BCUT2D eigenvalue weighted by molar-refractivity contribution is -0.132. The Morgan fingerprint density at radius 2 is 2.23 bits per heavy atom. The molecule has 74 valence electrons. The molecule has 1 amide bonds. The molecule has 0 radical (unpaired) electrons. The van der Waals surface area contributed by atoms with E-state index in [1.807, 2.05) is 0 Å². The molecule has 1 atom stereocenters. The SMILES string of the molecule is O=C(C1CC1)N1CCC(O)(CO)C1. The molecule has 2 rings (SSSR count). The van der Waals surface area contributed by atoms with E-state index in [0.717, 1.165) is 12.8 Å². The number of nitrogens with zero attached hydrogens (tertiary/aromatic N) is 1. The van der Waals surface area contributed by atoms with Gasteiger partial charge in [-0.05, 0) is 19.3 Å². The topological polar surface area (TPSA) is 60.8 Å². The van der Waals surface area contributed by atoms with Crippen LogP contribution in [0.15, 0.2) is 0 Å². The van der Waals surface area contributed by atoms with E-state index < -0.39 is 5.60 Å². The number of amides is 1. The Hall–Kier alpha value is -0.610. The number of carbonyl (C=O) groups excluding carboxylic acids is 1. The minimum absolute atomic E-state index is 0.157. The molecule has 4 nitrogen and oxygen atoms in total. The number of aliphatic hydroxyl groups is 2. The van der Waals surface area contributed by atoms with E-state index in [9.17, 15) is 9.90 Å². The van der Waals surface area contributed by atoms with Gasteiger partial charge in [0.1, 0.15) is 5.60 Å². The maximum Gasteiger partial charge on any atom is 0.225 e. The predicted molar refractivity (Wildman–Crippen MR) is 46.0 cm³/mol. The molecular weight excluding hydrogens is 170 g/mol. The third-order valence-corrected chi connectivity index (χ3v) is 2.86. The van der Waals surface area contributed by atoms with Crippen molar-refractivity contribution in [1.82, 2.24) is 4.90 Å². The van der Waals surface area contributed by atoms with Gasteiger partial charge in [0, 0.05) is 12.5 Å². The maximum absolute atomic E-state index is 11.5. The number of carbonyl (C=O) groups is 1.